The minimum absolute atomic E-state index is 0.0497. The van der Waals surface area contributed by atoms with Gasteiger partial charge in [-0.05, 0) is 35.1 Å². The summed E-state index contributed by atoms with van der Waals surface area (Å²) < 4.78 is 11.1. The van der Waals surface area contributed by atoms with Gasteiger partial charge < -0.3 is 25.2 Å². The van der Waals surface area contributed by atoms with Crippen LogP contribution in [0, 0.1) is 11.8 Å². The highest BCUT2D eigenvalue weighted by Gasteiger charge is 2.39. The van der Waals surface area contributed by atoms with E-state index in [-0.39, 0.29) is 31.6 Å². The lowest BCUT2D eigenvalue weighted by Gasteiger charge is -2.30. The van der Waals surface area contributed by atoms with Crippen molar-refractivity contribution < 1.29 is 29.0 Å². The van der Waals surface area contributed by atoms with Crippen LogP contribution in [0.2, 0.25) is 0 Å². The number of nitrogens with one attached hydrogen (secondary N) is 2. The lowest BCUT2D eigenvalue weighted by atomic mass is 9.84. The van der Waals surface area contributed by atoms with Gasteiger partial charge in [0.25, 0.3) is 0 Å². The van der Waals surface area contributed by atoms with E-state index in [1.165, 1.54) is 0 Å². The van der Waals surface area contributed by atoms with E-state index >= 15 is 0 Å². The SMILES string of the molecule is O=C(NC1COCC1C(=O)N[C@@H]1CCCC[C@@H]1C(=O)O)OCC1c2ccccc2-c2ccccc21. The molecule has 0 spiro atoms. The molecule has 3 aliphatic rings. The summed E-state index contributed by atoms with van der Waals surface area (Å²) >= 11 is 0. The fraction of sp³-hybridized carbons (Fsp3) is 0.444. The number of fused-ring (bicyclic) bond motifs is 3. The Kier molecular flexibility index (Phi) is 6.72. The number of hydrogen-bond donors (Lipinski definition) is 3. The van der Waals surface area contributed by atoms with Gasteiger partial charge >= 0.3 is 12.1 Å². The Hall–Kier alpha value is -3.39. The van der Waals surface area contributed by atoms with Gasteiger partial charge in [0.05, 0.1) is 31.1 Å². The van der Waals surface area contributed by atoms with Crippen molar-refractivity contribution in [3.63, 3.8) is 0 Å². The van der Waals surface area contributed by atoms with Crippen LogP contribution in [-0.4, -0.2) is 55.0 Å². The molecule has 2 unspecified atom stereocenters. The van der Waals surface area contributed by atoms with Gasteiger partial charge in [-0.25, -0.2) is 4.79 Å². The molecule has 2 aliphatic carbocycles. The molecule has 8 heteroatoms. The second-order valence-electron chi connectivity index (χ2n) is 9.56. The molecule has 2 amide bonds. The van der Waals surface area contributed by atoms with Crippen molar-refractivity contribution in [2.45, 2.75) is 43.7 Å². The summed E-state index contributed by atoms with van der Waals surface area (Å²) in [4.78, 5) is 37.2. The Morgan fingerprint density at radius 3 is 2.20 bits per heavy atom. The van der Waals surface area contributed by atoms with Gasteiger partial charge in [-0.3, -0.25) is 9.59 Å². The standard InChI is InChI=1S/C27H30N2O6/c30-25(28-23-12-6-5-11-20(23)26(31)32)22-13-34-15-24(22)29-27(33)35-14-21-18-9-3-1-7-16(18)17-8-2-4-10-19(17)21/h1-4,7-10,20-24H,5-6,11-15H2,(H,28,30)(H,29,33)(H,31,32)/t20-,22?,23+,24?/m0/s1. The van der Waals surface area contributed by atoms with Crippen LogP contribution >= 0.6 is 0 Å². The third-order valence-electron chi connectivity index (χ3n) is 7.48. The third kappa shape index (κ3) is 4.75. The zero-order valence-electron chi connectivity index (χ0n) is 19.4. The number of carboxylic acids is 1. The molecule has 35 heavy (non-hydrogen) atoms. The third-order valence-corrected chi connectivity index (χ3v) is 7.48. The van der Waals surface area contributed by atoms with Gasteiger partial charge in [-0.1, -0.05) is 61.4 Å². The Morgan fingerprint density at radius 1 is 0.857 bits per heavy atom. The molecule has 1 heterocycles. The second kappa shape index (κ2) is 10.1. The molecule has 2 aromatic rings. The number of amides is 2. The normalized spacial score (nSPS) is 25.4. The van der Waals surface area contributed by atoms with E-state index in [0.29, 0.717) is 12.8 Å². The summed E-state index contributed by atoms with van der Waals surface area (Å²) in [5.41, 5.74) is 4.56. The molecule has 2 aromatic carbocycles. The van der Waals surface area contributed by atoms with Gasteiger partial charge in [0.1, 0.15) is 6.61 Å². The molecule has 5 rings (SSSR count). The van der Waals surface area contributed by atoms with E-state index in [0.717, 1.165) is 35.1 Å². The molecule has 1 saturated heterocycles. The molecule has 0 radical (unpaired) electrons. The van der Waals surface area contributed by atoms with Crippen molar-refractivity contribution in [3.05, 3.63) is 59.7 Å². The van der Waals surface area contributed by atoms with Crippen molar-refractivity contribution in [2.24, 2.45) is 11.8 Å². The number of alkyl carbamates (subject to hydrolysis) is 1. The van der Waals surface area contributed by atoms with Crippen molar-refractivity contribution >= 4 is 18.0 Å². The van der Waals surface area contributed by atoms with E-state index < -0.39 is 36.0 Å². The largest absolute Gasteiger partial charge is 0.481 e. The summed E-state index contributed by atoms with van der Waals surface area (Å²) in [6.07, 6.45) is 2.34. The highest BCUT2D eigenvalue weighted by molar-refractivity contribution is 5.82. The molecule has 2 fully saturated rings. The number of carboxylic acid groups (broad SMARTS) is 1. The summed E-state index contributed by atoms with van der Waals surface area (Å²) in [6, 6.07) is 15.3. The van der Waals surface area contributed by atoms with Crippen LogP contribution in [0.1, 0.15) is 42.7 Å². The molecule has 184 valence electrons. The fourth-order valence-electron chi connectivity index (χ4n) is 5.64. The Morgan fingerprint density at radius 2 is 1.51 bits per heavy atom. The molecular formula is C27H30N2O6. The van der Waals surface area contributed by atoms with Crippen LogP contribution in [-0.2, 0) is 19.1 Å². The van der Waals surface area contributed by atoms with Gasteiger partial charge in [0.15, 0.2) is 0 Å². The predicted molar refractivity (Wildman–Crippen MR) is 128 cm³/mol. The molecule has 4 atom stereocenters. The number of hydrogen-bond acceptors (Lipinski definition) is 5. The maximum absolute atomic E-state index is 12.9. The number of aliphatic carboxylic acids is 1. The maximum atomic E-state index is 12.9. The van der Waals surface area contributed by atoms with Crippen LogP contribution in [0.4, 0.5) is 4.79 Å². The molecular weight excluding hydrogens is 448 g/mol. The minimum Gasteiger partial charge on any atom is -0.481 e. The summed E-state index contributed by atoms with van der Waals surface area (Å²) in [5, 5.41) is 15.2. The number of carbonyl (C=O) groups is 3. The Bertz CT molecular complexity index is 1070. The summed E-state index contributed by atoms with van der Waals surface area (Å²) in [6.45, 7) is 0.562. The van der Waals surface area contributed by atoms with Crippen molar-refractivity contribution in [2.75, 3.05) is 19.8 Å². The van der Waals surface area contributed by atoms with Crippen LogP contribution in [0.5, 0.6) is 0 Å². The van der Waals surface area contributed by atoms with E-state index in [4.69, 9.17) is 9.47 Å². The van der Waals surface area contributed by atoms with Crippen LogP contribution in [0.25, 0.3) is 11.1 Å². The molecule has 8 nitrogen and oxygen atoms in total. The zero-order valence-corrected chi connectivity index (χ0v) is 19.4. The van der Waals surface area contributed by atoms with Crippen LogP contribution < -0.4 is 10.6 Å². The first kappa shape index (κ1) is 23.4. The highest BCUT2D eigenvalue weighted by Crippen LogP contribution is 2.44. The quantitative estimate of drug-likeness (QED) is 0.587. The van der Waals surface area contributed by atoms with E-state index in [2.05, 4.69) is 34.9 Å². The Labute approximate surface area is 204 Å². The molecule has 3 N–H and O–H groups in total. The first-order valence-electron chi connectivity index (χ1n) is 12.3. The van der Waals surface area contributed by atoms with E-state index in [1.807, 2.05) is 24.3 Å². The van der Waals surface area contributed by atoms with Gasteiger partial charge in [0, 0.05) is 12.0 Å². The topological polar surface area (TPSA) is 114 Å². The van der Waals surface area contributed by atoms with Crippen LogP contribution in [0.3, 0.4) is 0 Å². The summed E-state index contributed by atoms with van der Waals surface area (Å²) in [7, 11) is 0. The lowest BCUT2D eigenvalue weighted by molar-refractivity contribution is -0.144. The lowest BCUT2D eigenvalue weighted by Crippen LogP contribution is -2.51. The predicted octanol–water partition coefficient (Wildman–Crippen LogP) is 3.30. The number of rotatable bonds is 6. The maximum Gasteiger partial charge on any atom is 0.407 e. The molecule has 1 saturated carbocycles. The molecule has 1 aliphatic heterocycles. The van der Waals surface area contributed by atoms with Crippen molar-refractivity contribution in [3.8, 4) is 11.1 Å². The van der Waals surface area contributed by atoms with Crippen molar-refractivity contribution in [1.82, 2.24) is 10.6 Å². The number of ether oxygens (including phenoxy) is 2. The fourth-order valence-corrected chi connectivity index (χ4v) is 5.64. The Balaban J connectivity index is 1.19. The van der Waals surface area contributed by atoms with E-state index in [9.17, 15) is 19.5 Å². The summed E-state index contributed by atoms with van der Waals surface area (Å²) in [5.74, 6) is -2.39. The molecule has 0 aromatic heterocycles. The van der Waals surface area contributed by atoms with Gasteiger partial charge in [0.2, 0.25) is 5.91 Å². The first-order chi connectivity index (χ1) is 17.0. The highest BCUT2D eigenvalue weighted by atomic mass is 16.5. The van der Waals surface area contributed by atoms with Crippen LogP contribution in [0.15, 0.2) is 48.5 Å². The smallest absolute Gasteiger partial charge is 0.407 e. The average molecular weight is 479 g/mol. The van der Waals surface area contributed by atoms with Crippen molar-refractivity contribution in [1.29, 1.82) is 0 Å². The van der Waals surface area contributed by atoms with Gasteiger partial charge in [-0.2, -0.15) is 0 Å². The number of benzene rings is 2. The zero-order chi connectivity index (χ0) is 24.4. The van der Waals surface area contributed by atoms with E-state index in [1.54, 1.807) is 0 Å². The monoisotopic (exact) mass is 478 g/mol. The number of carbonyl (C=O) groups excluding carboxylic acids is 2. The van der Waals surface area contributed by atoms with Gasteiger partial charge in [-0.15, -0.1) is 0 Å². The minimum atomic E-state index is -0.883. The average Bonchev–Trinajstić information content (AvgIpc) is 3.45. The molecule has 0 bridgehead atoms. The second-order valence-corrected chi connectivity index (χ2v) is 9.56. The first-order valence-corrected chi connectivity index (χ1v) is 12.3.